The zero-order valence-electron chi connectivity index (χ0n) is 5.74. The average molecular weight is 128 g/mol. The fourth-order valence-electron chi connectivity index (χ4n) is 0.915. The molecule has 0 fully saturated rings. The topological polar surface area (TPSA) is 29.5 Å². The van der Waals surface area contributed by atoms with Gasteiger partial charge in [-0.3, -0.25) is 0 Å². The largest absolute Gasteiger partial charge is 0.496 e. The molecule has 3 atom stereocenters. The first-order chi connectivity index (χ1) is 4.22. The van der Waals surface area contributed by atoms with Crippen molar-refractivity contribution in [2.75, 3.05) is 0 Å². The van der Waals surface area contributed by atoms with Crippen molar-refractivity contribution in [2.45, 2.75) is 26.1 Å². The van der Waals surface area contributed by atoms with E-state index in [1.165, 1.54) is 0 Å². The Bertz CT molecular complexity index is 120. The summed E-state index contributed by atoms with van der Waals surface area (Å²) < 4.78 is 5.03. The van der Waals surface area contributed by atoms with Gasteiger partial charge < -0.3 is 9.84 Å². The maximum Gasteiger partial charge on any atom is 0.121 e. The van der Waals surface area contributed by atoms with E-state index in [4.69, 9.17) is 4.74 Å². The van der Waals surface area contributed by atoms with Gasteiger partial charge in [0.1, 0.15) is 6.10 Å². The summed E-state index contributed by atoms with van der Waals surface area (Å²) in [6.45, 7) is 3.84. The molecule has 0 aromatic carbocycles. The Morgan fingerprint density at radius 3 is 2.56 bits per heavy atom. The lowest BCUT2D eigenvalue weighted by Crippen LogP contribution is -2.32. The third-order valence-corrected chi connectivity index (χ3v) is 1.69. The fourth-order valence-corrected chi connectivity index (χ4v) is 0.915. The maximum absolute atomic E-state index is 9.27. The first-order valence-electron chi connectivity index (χ1n) is 3.22. The van der Waals surface area contributed by atoms with Gasteiger partial charge in [-0.1, -0.05) is 6.92 Å². The summed E-state index contributed by atoms with van der Waals surface area (Å²) in [6, 6.07) is 0. The minimum Gasteiger partial charge on any atom is -0.496 e. The molecule has 0 aromatic rings. The van der Waals surface area contributed by atoms with Crippen molar-refractivity contribution in [2.24, 2.45) is 5.92 Å². The van der Waals surface area contributed by atoms with Crippen LogP contribution in [0.3, 0.4) is 0 Å². The molecule has 1 aliphatic heterocycles. The molecule has 0 radical (unpaired) electrons. The van der Waals surface area contributed by atoms with Crippen molar-refractivity contribution in [3.05, 3.63) is 12.3 Å². The quantitative estimate of drug-likeness (QED) is 0.525. The molecule has 1 unspecified atom stereocenters. The molecule has 0 saturated heterocycles. The van der Waals surface area contributed by atoms with E-state index < -0.39 is 0 Å². The van der Waals surface area contributed by atoms with Crippen LogP contribution in [0.15, 0.2) is 12.3 Å². The number of ether oxygens (including phenoxy) is 1. The second kappa shape index (κ2) is 2.40. The molecule has 1 N–H and O–H groups in total. The predicted molar refractivity (Wildman–Crippen MR) is 34.9 cm³/mol. The van der Waals surface area contributed by atoms with Crippen LogP contribution in [0, 0.1) is 5.92 Å². The lowest BCUT2D eigenvalue weighted by atomic mass is 9.99. The van der Waals surface area contributed by atoms with Crippen LogP contribution in [-0.4, -0.2) is 17.3 Å². The highest BCUT2D eigenvalue weighted by molar-refractivity contribution is 4.92. The van der Waals surface area contributed by atoms with Gasteiger partial charge in [0.25, 0.3) is 0 Å². The van der Waals surface area contributed by atoms with Gasteiger partial charge in [0, 0.05) is 5.92 Å². The summed E-state index contributed by atoms with van der Waals surface area (Å²) in [5.74, 6) is 0.230. The summed E-state index contributed by atoms with van der Waals surface area (Å²) in [4.78, 5) is 0. The molecule has 1 aliphatic rings. The molecule has 0 aliphatic carbocycles. The normalized spacial score (nSPS) is 42.3. The van der Waals surface area contributed by atoms with E-state index in [1.54, 1.807) is 6.26 Å². The van der Waals surface area contributed by atoms with Crippen LogP contribution in [0.25, 0.3) is 0 Å². The minimum absolute atomic E-state index is 0.0509. The van der Waals surface area contributed by atoms with Crippen LogP contribution >= 0.6 is 0 Å². The summed E-state index contributed by atoms with van der Waals surface area (Å²) in [5, 5.41) is 9.27. The second-order valence-electron chi connectivity index (χ2n) is 2.52. The number of aliphatic hydroxyl groups excluding tert-OH is 1. The van der Waals surface area contributed by atoms with Crippen LogP contribution in [0.2, 0.25) is 0 Å². The highest BCUT2D eigenvalue weighted by Gasteiger charge is 2.22. The summed E-state index contributed by atoms with van der Waals surface area (Å²) in [7, 11) is 0. The van der Waals surface area contributed by atoms with Crippen LogP contribution in [0.1, 0.15) is 13.8 Å². The lowest BCUT2D eigenvalue weighted by molar-refractivity contribution is -0.0144. The molecule has 0 bridgehead atoms. The molecular weight excluding hydrogens is 116 g/mol. The van der Waals surface area contributed by atoms with Crippen LogP contribution in [-0.2, 0) is 4.74 Å². The molecule has 0 saturated carbocycles. The number of aliphatic hydroxyl groups is 1. The van der Waals surface area contributed by atoms with Gasteiger partial charge in [0.15, 0.2) is 0 Å². The Kier molecular flexibility index (Phi) is 1.76. The highest BCUT2D eigenvalue weighted by atomic mass is 16.5. The monoisotopic (exact) mass is 128 g/mol. The molecular formula is C7H12O2. The van der Waals surface area contributed by atoms with Gasteiger partial charge >= 0.3 is 0 Å². The van der Waals surface area contributed by atoms with E-state index >= 15 is 0 Å². The van der Waals surface area contributed by atoms with Crippen molar-refractivity contribution >= 4 is 0 Å². The van der Waals surface area contributed by atoms with Crippen LogP contribution < -0.4 is 0 Å². The number of rotatable bonds is 0. The molecule has 9 heavy (non-hydrogen) atoms. The van der Waals surface area contributed by atoms with E-state index in [-0.39, 0.29) is 18.1 Å². The van der Waals surface area contributed by atoms with E-state index in [0.29, 0.717) is 0 Å². The first-order valence-corrected chi connectivity index (χ1v) is 3.22. The zero-order chi connectivity index (χ0) is 6.85. The molecule has 1 rings (SSSR count). The van der Waals surface area contributed by atoms with Gasteiger partial charge in [-0.05, 0) is 13.0 Å². The summed E-state index contributed by atoms with van der Waals surface area (Å²) in [5.41, 5.74) is 0. The zero-order valence-corrected chi connectivity index (χ0v) is 5.74. The highest BCUT2D eigenvalue weighted by Crippen LogP contribution is 2.16. The summed E-state index contributed by atoms with van der Waals surface area (Å²) >= 11 is 0. The Balaban J connectivity index is 2.58. The maximum atomic E-state index is 9.27. The molecule has 52 valence electrons. The molecule has 0 aromatic heterocycles. The standard InChI is InChI=1S/C7H12O2/c1-5-3-4-9-6(2)7(5)8/h3-8H,1-2H3/t5?,6-,7+/m1/s1. The van der Waals surface area contributed by atoms with E-state index in [9.17, 15) is 5.11 Å². The Labute approximate surface area is 55.1 Å². The Morgan fingerprint density at radius 2 is 2.11 bits per heavy atom. The summed E-state index contributed by atoms with van der Waals surface area (Å²) in [6.07, 6.45) is 3.13. The third-order valence-electron chi connectivity index (χ3n) is 1.69. The van der Waals surface area contributed by atoms with Crippen molar-refractivity contribution in [3.63, 3.8) is 0 Å². The Morgan fingerprint density at radius 1 is 1.44 bits per heavy atom. The van der Waals surface area contributed by atoms with Crippen LogP contribution in [0.5, 0.6) is 0 Å². The smallest absolute Gasteiger partial charge is 0.121 e. The molecule has 2 heteroatoms. The fraction of sp³-hybridized carbons (Fsp3) is 0.714. The number of hydrogen-bond acceptors (Lipinski definition) is 2. The van der Waals surface area contributed by atoms with Crippen molar-refractivity contribution in [1.82, 2.24) is 0 Å². The van der Waals surface area contributed by atoms with Gasteiger partial charge in [-0.2, -0.15) is 0 Å². The second-order valence-corrected chi connectivity index (χ2v) is 2.52. The molecule has 1 heterocycles. The minimum atomic E-state index is -0.338. The van der Waals surface area contributed by atoms with E-state index in [1.807, 2.05) is 19.9 Å². The van der Waals surface area contributed by atoms with Crippen LogP contribution in [0.4, 0.5) is 0 Å². The SMILES string of the molecule is CC1C=CO[C@H](C)[C@H]1O. The van der Waals surface area contributed by atoms with Crippen molar-refractivity contribution in [1.29, 1.82) is 0 Å². The lowest BCUT2D eigenvalue weighted by Gasteiger charge is -2.26. The van der Waals surface area contributed by atoms with Crippen molar-refractivity contribution < 1.29 is 9.84 Å². The average Bonchev–Trinajstić information content (AvgIpc) is 1.83. The van der Waals surface area contributed by atoms with E-state index in [2.05, 4.69) is 0 Å². The third kappa shape index (κ3) is 1.24. The number of hydrogen-bond donors (Lipinski definition) is 1. The molecule has 2 nitrogen and oxygen atoms in total. The van der Waals surface area contributed by atoms with Gasteiger partial charge in [0.2, 0.25) is 0 Å². The Hall–Kier alpha value is -0.500. The van der Waals surface area contributed by atoms with Gasteiger partial charge in [0.05, 0.1) is 12.4 Å². The predicted octanol–water partition coefficient (Wildman–Crippen LogP) is 0.916. The van der Waals surface area contributed by atoms with Gasteiger partial charge in [-0.15, -0.1) is 0 Å². The first kappa shape index (κ1) is 6.62. The van der Waals surface area contributed by atoms with E-state index in [0.717, 1.165) is 0 Å². The molecule has 0 amide bonds. The molecule has 0 spiro atoms. The van der Waals surface area contributed by atoms with Crippen molar-refractivity contribution in [3.8, 4) is 0 Å². The van der Waals surface area contributed by atoms with Gasteiger partial charge in [-0.25, -0.2) is 0 Å².